The van der Waals surface area contributed by atoms with Crippen molar-refractivity contribution in [2.24, 2.45) is 5.73 Å². The molecule has 0 unspecified atom stereocenters. The normalized spacial score (nSPS) is 16.5. The van der Waals surface area contributed by atoms with E-state index in [4.69, 9.17) is 15.2 Å². The third kappa shape index (κ3) is 2.33. The van der Waals surface area contributed by atoms with E-state index in [1.165, 1.54) is 7.11 Å². The predicted molar refractivity (Wildman–Crippen MR) is 86.6 cm³/mol. The second kappa shape index (κ2) is 5.81. The maximum atomic E-state index is 10.1. The van der Waals surface area contributed by atoms with E-state index in [2.05, 4.69) is 16.3 Å². The minimum absolute atomic E-state index is 0.00602. The molecule has 2 heterocycles. The highest BCUT2D eigenvalue weighted by Gasteiger charge is 2.36. The maximum Gasteiger partial charge on any atom is 0.244 e. The summed E-state index contributed by atoms with van der Waals surface area (Å²) < 4.78 is 10.6. The van der Waals surface area contributed by atoms with Crippen molar-refractivity contribution < 1.29 is 14.6 Å². The summed E-state index contributed by atoms with van der Waals surface area (Å²) in [4.78, 5) is 0. The average molecular weight is 326 g/mol. The van der Waals surface area contributed by atoms with Gasteiger partial charge in [0.05, 0.1) is 18.6 Å². The number of phenols is 1. The number of rotatable bonds is 3. The molecule has 1 aromatic carbocycles. The van der Waals surface area contributed by atoms with Crippen LogP contribution in [0, 0.1) is 11.3 Å². The summed E-state index contributed by atoms with van der Waals surface area (Å²) in [6.07, 6.45) is 0. The van der Waals surface area contributed by atoms with E-state index in [-0.39, 0.29) is 23.1 Å². The molecule has 0 saturated heterocycles. The number of aromatic hydroxyl groups is 1. The van der Waals surface area contributed by atoms with Crippen molar-refractivity contribution in [2.45, 2.75) is 25.7 Å². The Bertz CT molecular complexity index is 861. The number of allylic oxidation sites excluding steroid dienone is 1. The first-order chi connectivity index (χ1) is 11.5. The summed E-state index contributed by atoms with van der Waals surface area (Å²) >= 11 is 0. The minimum atomic E-state index is -0.466. The monoisotopic (exact) mass is 326 g/mol. The second-order valence-corrected chi connectivity index (χ2v) is 5.87. The van der Waals surface area contributed by atoms with Crippen LogP contribution in [0.25, 0.3) is 0 Å². The summed E-state index contributed by atoms with van der Waals surface area (Å²) in [5.41, 5.74) is 8.53. The van der Waals surface area contributed by atoms with Gasteiger partial charge in [-0.2, -0.15) is 5.26 Å². The van der Waals surface area contributed by atoms with Gasteiger partial charge in [-0.05, 0) is 23.6 Å². The molecule has 4 N–H and O–H groups in total. The first-order valence-corrected chi connectivity index (χ1v) is 7.50. The molecular weight excluding hydrogens is 308 g/mol. The summed E-state index contributed by atoms with van der Waals surface area (Å²) in [6, 6.07) is 7.14. The van der Waals surface area contributed by atoms with Crippen LogP contribution in [0.5, 0.6) is 17.4 Å². The molecule has 7 nitrogen and oxygen atoms in total. The first-order valence-electron chi connectivity index (χ1n) is 7.50. The fourth-order valence-electron chi connectivity index (χ4n) is 2.93. The van der Waals surface area contributed by atoms with Gasteiger partial charge in [0.1, 0.15) is 11.6 Å². The highest BCUT2D eigenvalue weighted by atomic mass is 16.5. The molecule has 0 saturated carbocycles. The summed E-state index contributed by atoms with van der Waals surface area (Å²) in [5.74, 6) is 0.416. The summed E-state index contributed by atoms with van der Waals surface area (Å²) in [7, 11) is 1.48. The number of nitrogens with two attached hydrogens (primary N) is 1. The second-order valence-electron chi connectivity index (χ2n) is 5.87. The van der Waals surface area contributed by atoms with Crippen molar-refractivity contribution in [2.75, 3.05) is 7.11 Å². The lowest BCUT2D eigenvalue weighted by atomic mass is 9.82. The Balaban J connectivity index is 2.23. The van der Waals surface area contributed by atoms with Gasteiger partial charge in [0.2, 0.25) is 11.8 Å². The zero-order chi connectivity index (χ0) is 17.4. The van der Waals surface area contributed by atoms with Gasteiger partial charge in [0, 0.05) is 5.69 Å². The number of aromatic amines is 1. The topological polar surface area (TPSA) is 117 Å². The van der Waals surface area contributed by atoms with Crippen molar-refractivity contribution in [3.05, 3.63) is 46.5 Å². The molecule has 0 radical (unpaired) electrons. The smallest absolute Gasteiger partial charge is 0.244 e. The standard InChI is InChI=1S/C17H18N4O3/c1-8(2)15-14-13(9-4-5-12(23-3)11(22)6-9)10(7-18)16(19)24-17(14)21-20-15/h4-6,8,13,22H,19H2,1-3H3,(H,20,21)/t13-/m0/s1. The van der Waals surface area contributed by atoms with Gasteiger partial charge < -0.3 is 20.3 Å². The largest absolute Gasteiger partial charge is 0.504 e. The molecule has 1 aliphatic rings. The average Bonchev–Trinajstić information content (AvgIpc) is 2.96. The Morgan fingerprint density at radius 2 is 2.21 bits per heavy atom. The lowest BCUT2D eigenvalue weighted by Gasteiger charge is -2.25. The van der Waals surface area contributed by atoms with Crippen molar-refractivity contribution in [1.29, 1.82) is 5.26 Å². The van der Waals surface area contributed by atoms with Gasteiger partial charge in [0.15, 0.2) is 11.5 Å². The quantitative estimate of drug-likeness (QED) is 0.797. The Kier molecular flexibility index (Phi) is 3.81. The van der Waals surface area contributed by atoms with Gasteiger partial charge in [-0.3, -0.25) is 5.10 Å². The lowest BCUT2D eigenvalue weighted by Crippen LogP contribution is -2.21. The highest BCUT2D eigenvalue weighted by molar-refractivity contribution is 5.57. The predicted octanol–water partition coefficient (Wildman–Crippen LogP) is 2.47. The van der Waals surface area contributed by atoms with Crippen LogP contribution >= 0.6 is 0 Å². The van der Waals surface area contributed by atoms with E-state index < -0.39 is 5.92 Å². The Morgan fingerprint density at radius 3 is 2.79 bits per heavy atom. The molecule has 0 bridgehead atoms. The van der Waals surface area contributed by atoms with Crippen LogP contribution in [0.2, 0.25) is 0 Å². The third-order valence-corrected chi connectivity index (χ3v) is 4.08. The van der Waals surface area contributed by atoms with Crippen LogP contribution in [-0.2, 0) is 0 Å². The number of aromatic nitrogens is 2. The minimum Gasteiger partial charge on any atom is -0.504 e. The van der Waals surface area contributed by atoms with Crippen LogP contribution < -0.4 is 15.2 Å². The van der Waals surface area contributed by atoms with E-state index in [0.29, 0.717) is 17.2 Å². The van der Waals surface area contributed by atoms with Crippen molar-refractivity contribution in [3.8, 4) is 23.4 Å². The molecule has 124 valence electrons. The molecule has 3 rings (SSSR count). The molecule has 1 aliphatic heterocycles. The number of benzene rings is 1. The number of phenolic OH excluding ortho intramolecular Hbond substituents is 1. The number of hydrogen-bond donors (Lipinski definition) is 3. The molecule has 0 fully saturated rings. The number of nitrogens with one attached hydrogen (secondary N) is 1. The summed E-state index contributed by atoms with van der Waals surface area (Å²) in [6.45, 7) is 4.04. The number of ether oxygens (including phenoxy) is 2. The van der Waals surface area contributed by atoms with Gasteiger partial charge in [0.25, 0.3) is 0 Å². The SMILES string of the molecule is COc1ccc([C@H]2C(C#N)=C(N)Oc3n[nH]c(C(C)C)c32)cc1O. The number of nitrogens with zero attached hydrogens (tertiary/aromatic N) is 2. The van der Waals surface area contributed by atoms with Gasteiger partial charge in [-0.1, -0.05) is 19.9 Å². The van der Waals surface area contributed by atoms with Crippen LogP contribution in [0.1, 0.15) is 42.5 Å². The summed E-state index contributed by atoms with van der Waals surface area (Å²) in [5, 5.41) is 26.8. The zero-order valence-electron chi connectivity index (χ0n) is 13.6. The third-order valence-electron chi connectivity index (χ3n) is 4.08. The molecule has 24 heavy (non-hydrogen) atoms. The highest BCUT2D eigenvalue weighted by Crippen LogP contribution is 2.45. The molecule has 0 aliphatic carbocycles. The van der Waals surface area contributed by atoms with Crippen molar-refractivity contribution in [1.82, 2.24) is 10.2 Å². The van der Waals surface area contributed by atoms with Crippen molar-refractivity contribution in [3.63, 3.8) is 0 Å². The van der Waals surface area contributed by atoms with Crippen LogP contribution in [0.3, 0.4) is 0 Å². The van der Waals surface area contributed by atoms with E-state index in [1.807, 2.05) is 13.8 Å². The fourth-order valence-corrected chi connectivity index (χ4v) is 2.93. The van der Waals surface area contributed by atoms with E-state index in [9.17, 15) is 10.4 Å². The maximum absolute atomic E-state index is 10.1. The lowest BCUT2D eigenvalue weighted by molar-refractivity contribution is 0.371. The van der Waals surface area contributed by atoms with Gasteiger partial charge >= 0.3 is 0 Å². The van der Waals surface area contributed by atoms with Gasteiger partial charge in [-0.15, -0.1) is 5.10 Å². The van der Waals surface area contributed by atoms with E-state index >= 15 is 0 Å². The molecule has 2 aromatic rings. The number of hydrogen-bond acceptors (Lipinski definition) is 6. The Morgan fingerprint density at radius 1 is 1.46 bits per heavy atom. The van der Waals surface area contributed by atoms with Gasteiger partial charge in [-0.25, -0.2) is 0 Å². The molecular formula is C17H18N4O3. The van der Waals surface area contributed by atoms with E-state index in [0.717, 1.165) is 11.3 Å². The first kappa shape index (κ1) is 15.7. The number of nitriles is 1. The Labute approximate surface area is 139 Å². The Hall–Kier alpha value is -3.14. The van der Waals surface area contributed by atoms with Crippen molar-refractivity contribution >= 4 is 0 Å². The van der Waals surface area contributed by atoms with Crippen LogP contribution in [-0.4, -0.2) is 22.4 Å². The number of H-pyrrole nitrogens is 1. The number of methoxy groups -OCH3 is 1. The molecule has 1 aromatic heterocycles. The van der Waals surface area contributed by atoms with Crippen LogP contribution in [0.4, 0.5) is 0 Å². The zero-order valence-corrected chi connectivity index (χ0v) is 13.6. The molecule has 0 amide bonds. The molecule has 7 heteroatoms. The van der Waals surface area contributed by atoms with Crippen LogP contribution in [0.15, 0.2) is 29.7 Å². The molecule has 0 spiro atoms. The van der Waals surface area contributed by atoms with E-state index in [1.54, 1.807) is 18.2 Å². The fraction of sp³-hybridized carbons (Fsp3) is 0.294. The molecule has 1 atom stereocenters. The number of fused-ring (bicyclic) bond motifs is 1.